The number of hydrogen-bond donors (Lipinski definition) is 0. The first kappa shape index (κ1) is 15.0. The van der Waals surface area contributed by atoms with Gasteiger partial charge in [-0.3, -0.25) is 4.79 Å². The monoisotopic (exact) mass is 301 g/mol. The van der Waals surface area contributed by atoms with E-state index in [2.05, 4.69) is 29.2 Å². The van der Waals surface area contributed by atoms with Crippen LogP contribution in [-0.4, -0.2) is 19.9 Å². The minimum Gasteiger partial charge on any atom is -0.378 e. The maximum atomic E-state index is 12.4. The Balaban J connectivity index is 1.83. The summed E-state index contributed by atoms with van der Waals surface area (Å²) in [7, 11) is 4.05. The number of carbonyl (C=O) groups excluding carboxylic acids is 1. The molecule has 2 heteroatoms. The third-order valence-electron chi connectivity index (χ3n) is 3.90. The molecule has 0 radical (unpaired) electrons. The molecule has 0 atom stereocenters. The maximum Gasteiger partial charge on any atom is 0.193 e. The predicted molar refractivity (Wildman–Crippen MR) is 96.1 cm³/mol. The summed E-state index contributed by atoms with van der Waals surface area (Å²) in [5, 5.41) is 0. The molecule has 3 rings (SSSR count). The lowest BCUT2D eigenvalue weighted by molar-refractivity contribution is 0.103. The molecule has 0 aliphatic carbocycles. The van der Waals surface area contributed by atoms with Crippen LogP contribution in [0.4, 0.5) is 5.69 Å². The number of benzene rings is 3. The lowest BCUT2D eigenvalue weighted by Crippen LogP contribution is -2.07. The van der Waals surface area contributed by atoms with E-state index in [9.17, 15) is 4.79 Å². The first-order valence-corrected chi connectivity index (χ1v) is 7.63. The van der Waals surface area contributed by atoms with E-state index in [0.717, 1.165) is 16.7 Å². The van der Waals surface area contributed by atoms with Gasteiger partial charge in [0, 0.05) is 30.9 Å². The van der Waals surface area contributed by atoms with Gasteiger partial charge in [-0.05, 0) is 23.3 Å². The van der Waals surface area contributed by atoms with Crippen LogP contribution >= 0.6 is 0 Å². The van der Waals surface area contributed by atoms with Crippen molar-refractivity contribution in [1.82, 2.24) is 0 Å². The highest BCUT2D eigenvalue weighted by Crippen LogP contribution is 2.23. The number of rotatable bonds is 4. The molecule has 3 aromatic carbocycles. The lowest BCUT2D eigenvalue weighted by atomic mass is 9.99. The summed E-state index contributed by atoms with van der Waals surface area (Å²) in [5.41, 5.74) is 4.86. The van der Waals surface area contributed by atoms with Crippen molar-refractivity contribution in [2.45, 2.75) is 0 Å². The second-order valence-corrected chi connectivity index (χ2v) is 5.71. The van der Waals surface area contributed by atoms with Gasteiger partial charge in [-0.1, -0.05) is 66.7 Å². The highest BCUT2D eigenvalue weighted by atomic mass is 16.1. The molecule has 0 spiro atoms. The number of ketones is 1. The summed E-state index contributed by atoms with van der Waals surface area (Å²) in [6.07, 6.45) is 0. The topological polar surface area (TPSA) is 20.3 Å². The number of hydrogen-bond acceptors (Lipinski definition) is 2. The molecular formula is C21H19NO. The Morgan fingerprint density at radius 2 is 1.13 bits per heavy atom. The quantitative estimate of drug-likeness (QED) is 0.654. The van der Waals surface area contributed by atoms with E-state index >= 15 is 0 Å². The van der Waals surface area contributed by atoms with Crippen LogP contribution in [0.15, 0.2) is 78.9 Å². The SMILES string of the molecule is CN(C)c1ccc(-c2ccc(C(=O)c3ccccc3)cc2)cc1. The van der Waals surface area contributed by atoms with Gasteiger partial charge in [-0.25, -0.2) is 0 Å². The van der Waals surface area contributed by atoms with E-state index < -0.39 is 0 Å². The van der Waals surface area contributed by atoms with Crippen molar-refractivity contribution < 1.29 is 4.79 Å². The first-order chi connectivity index (χ1) is 11.1. The van der Waals surface area contributed by atoms with Crippen molar-refractivity contribution in [3.63, 3.8) is 0 Å². The van der Waals surface area contributed by atoms with Crippen LogP contribution in [0.1, 0.15) is 15.9 Å². The smallest absolute Gasteiger partial charge is 0.193 e. The van der Waals surface area contributed by atoms with Gasteiger partial charge < -0.3 is 4.90 Å². The van der Waals surface area contributed by atoms with Crippen LogP contribution in [0, 0.1) is 0 Å². The zero-order valence-corrected chi connectivity index (χ0v) is 13.4. The summed E-state index contributed by atoms with van der Waals surface area (Å²) < 4.78 is 0. The van der Waals surface area contributed by atoms with E-state index in [1.807, 2.05) is 68.7 Å². The number of carbonyl (C=O) groups is 1. The average molecular weight is 301 g/mol. The fourth-order valence-corrected chi connectivity index (χ4v) is 2.52. The third-order valence-corrected chi connectivity index (χ3v) is 3.90. The highest BCUT2D eigenvalue weighted by molar-refractivity contribution is 6.09. The molecule has 114 valence electrons. The van der Waals surface area contributed by atoms with Gasteiger partial charge in [0.1, 0.15) is 0 Å². The molecule has 0 aliphatic heterocycles. The van der Waals surface area contributed by atoms with Crippen LogP contribution < -0.4 is 4.90 Å². The molecular weight excluding hydrogens is 282 g/mol. The predicted octanol–water partition coefficient (Wildman–Crippen LogP) is 4.65. The van der Waals surface area contributed by atoms with Gasteiger partial charge in [0.05, 0.1) is 0 Å². The van der Waals surface area contributed by atoms with E-state index in [-0.39, 0.29) is 5.78 Å². The summed E-state index contributed by atoms with van der Waals surface area (Å²) in [6.45, 7) is 0. The molecule has 2 nitrogen and oxygen atoms in total. The molecule has 0 unspecified atom stereocenters. The summed E-state index contributed by atoms with van der Waals surface area (Å²) >= 11 is 0. The van der Waals surface area contributed by atoms with Crippen LogP contribution in [0.5, 0.6) is 0 Å². The molecule has 0 fully saturated rings. The van der Waals surface area contributed by atoms with E-state index in [4.69, 9.17) is 0 Å². The fourth-order valence-electron chi connectivity index (χ4n) is 2.52. The average Bonchev–Trinajstić information content (AvgIpc) is 2.62. The van der Waals surface area contributed by atoms with Crippen molar-refractivity contribution >= 4 is 11.5 Å². The van der Waals surface area contributed by atoms with E-state index in [1.54, 1.807) is 0 Å². The maximum absolute atomic E-state index is 12.4. The third kappa shape index (κ3) is 3.32. The normalized spacial score (nSPS) is 10.3. The van der Waals surface area contributed by atoms with Crippen molar-refractivity contribution in [1.29, 1.82) is 0 Å². The molecule has 0 aromatic heterocycles. The summed E-state index contributed by atoms with van der Waals surface area (Å²) in [5.74, 6) is 0.0557. The molecule has 0 saturated carbocycles. The van der Waals surface area contributed by atoms with Gasteiger partial charge in [0.15, 0.2) is 5.78 Å². The van der Waals surface area contributed by atoms with E-state index in [0.29, 0.717) is 5.56 Å². The molecule has 23 heavy (non-hydrogen) atoms. The van der Waals surface area contributed by atoms with Crippen molar-refractivity contribution in [2.24, 2.45) is 0 Å². The Kier molecular flexibility index (Phi) is 4.24. The second-order valence-electron chi connectivity index (χ2n) is 5.71. The van der Waals surface area contributed by atoms with Crippen molar-refractivity contribution in [3.05, 3.63) is 90.0 Å². The minimum atomic E-state index is 0.0557. The molecule has 0 saturated heterocycles. The number of nitrogens with zero attached hydrogens (tertiary/aromatic N) is 1. The fraction of sp³-hybridized carbons (Fsp3) is 0.0952. The largest absolute Gasteiger partial charge is 0.378 e. The Morgan fingerprint density at radius 3 is 1.65 bits per heavy atom. The number of anilines is 1. The zero-order valence-electron chi connectivity index (χ0n) is 13.4. The Bertz CT molecular complexity index is 788. The van der Waals surface area contributed by atoms with Crippen LogP contribution in [0.3, 0.4) is 0 Å². The summed E-state index contributed by atoms with van der Waals surface area (Å²) in [4.78, 5) is 14.5. The molecule has 0 N–H and O–H groups in total. The standard InChI is InChI=1S/C21H19NO/c1-22(2)20-14-12-17(13-15-20)16-8-10-19(11-9-16)21(23)18-6-4-3-5-7-18/h3-15H,1-2H3. The van der Waals surface area contributed by atoms with Crippen molar-refractivity contribution in [2.75, 3.05) is 19.0 Å². The van der Waals surface area contributed by atoms with Crippen molar-refractivity contribution in [3.8, 4) is 11.1 Å². The van der Waals surface area contributed by atoms with Crippen LogP contribution in [0.25, 0.3) is 11.1 Å². The van der Waals surface area contributed by atoms with E-state index in [1.165, 1.54) is 5.69 Å². The lowest BCUT2D eigenvalue weighted by Gasteiger charge is -2.12. The van der Waals surface area contributed by atoms with Gasteiger partial charge in [0.2, 0.25) is 0 Å². The minimum absolute atomic E-state index is 0.0557. The summed E-state index contributed by atoms with van der Waals surface area (Å²) in [6, 6.07) is 25.5. The zero-order chi connectivity index (χ0) is 16.2. The molecule has 0 heterocycles. The van der Waals surface area contributed by atoms with Gasteiger partial charge in [0.25, 0.3) is 0 Å². The first-order valence-electron chi connectivity index (χ1n) is 7.63. The Morgan fingerprint density at radius 1 is 0.652 bits per heavy atom. The van der Waals surface area contributed by atoms with Gasteiger partial charge in [-0.15, -0.1) is 0 Å². The van der Waals surface area contributed by atoms with Gasteiger partial charge in [-0.2, -0.15) is 0 Å². The van der Waals surface area contributed by atoms with Crippen LogP contribution in [-0.2, 0) is 0 Å². The molecule has 0 aliphatic rings. The molecule has 0 bridgehead atoms. The highest BCUT2D eigenvalue weighted by Gasteiger charge is 2.08. The Hall–Kier alpha value is -2.87. The van der Waals surface area contributed by atoms with Gasteiger partial charge >= 0.3 is 0 Å². The Labute approximate surface area is 137 Å². The molecule has 3 aromatic rings. The molecule has 0 amide bonds. The van der Waals surface area contributed by atoms with Crippen LogP contribution in [0.2, 0.25) is 0 Å². The second kappa shape index (κ2) is 6.49.